The summed E-state index contributed by atoms with van der Waals surface area (Å²) in [5, 5.41) is 0. The maximum Gasteiger partial charge on any atom is -0.00991 e. The van der Waals surface area contributed by atoms with Crippen molar-refractivity contribution in [1.29, 1.82) is 0 Å². The van der Waals surface area contributed by atoms with Crippen molar-refractivity contribution in [3.8, 4) is 11.1 Å². The Balaban J connectivity index is 2.18. The summed E-state index contributed by atoms with van der Waals surface area (Å²) in [4.78, 5) is 0. The quantitative estimate of drug-likeness (QED) is 0.378. The summed E-state index contributed by atoms with van der Waals surface area (Å²) >= 11 is 0. The fraction of sp³-hybridized carbons (Fsp3) is 0.500. The van der Waals surface area contributed by atoms with Crippen LogP contribution in [0.3, 0.4) is 0 Å². The Morgan fingerprint density at radius 3 is 2.12 bits per heavy atom. The minimum absolute atomic E-state index is 1.21. The summed E-state index contributed by atoms with van der Waals surface area (Å²) in [6, 6.07) is 18.7. The topological polar surface area (TPSA) is 0 Å². The average Bonchev–Trinajstić information content (AvgIpc) is 2.63. The van der Waals surface area contributed by atoms with Gasteiger partial charge in [-0.1, -0.05) is 94.8 Å². The van der Waals surface area contributed by atoms with Gasteiger partial charge >= 0.3 is 0 Å². The molecule has 0 N–H and O–H groups in total. The SMILES string of the molecule is CCCCCCc1cccc(-c2[c]cccc2)c1CCCCCC. The molecule has 0 spiro atoms. The van der Waals surface area contributed by atoms with E-state index in [1.807, 2.05) is 6.07 Å². The fourth-order valence-electron chi connectivity index (χ4n) is 3.45. The molecule has 0 unspecified atom stereocenters. The van der Waals surface area contributed by atoms with Crippen molar-refractivity contribution in [3.63, 3.8) is 0 Å². The second-order valence-electron chi connectivity index (χ2n) is 6.84. The molecule has 0 heterocycles. The van der Waals surface area contributed by atoms with Gasteiger partial charge in [0, 0.05) is 0 Å². The van der Waals surface area contributed by atoms with E-state index in [2.05, 4.69) is 56.3 Å². The van der Waals surface area contributed by atoms with Crippen LogP contribution in [0, 0.1) is 6.07 Å². The summed E-state index contributed by atoms with van der Waals surface area (Å²) in [5.74, 6) is 0. The molecule has 0 amide bonds. The van der Waals surface area contributed by atoms with E-state index >= 15 is 0 Å². The molecule has 24 heavy (non-hydrogen) atoms. The van der Waals surface area contributed by atoms with Crippen molar-refractivity contribution in [1.82, 2.24) is 0 Å². The molecule has 2 aromatic rings. The largest absolute Gasteiger partial charge is 0.0654 e. The highest BCUT2D eigenvalue weighted by atomic mass is 14.1. The third-order valence-corrected chi connectivity index (χ3v) is 4.85. The van der Waals surface area contributed by atoms with E-state index in [0.29, 0.717) is 0 Å². The van der Waals surface area contributed by atoms with Crippen molar-refractivity contribution in [3.05, 3.63) is 59.7 Å². The minimum atomic E-state index is 1.21. The zero-order valence-corrected chi connectivity index (χ0v) is 15.6. The second-order valence-corrected chi connectivity index (χ2v) is 6.84. The van der Waals surface area contributed by atoms with Crippen LogP contribution in [0.15, 0.2) is 42.5 Å². The Kier molecular flexibility index (Phi) is 8.66. The third kappa shape index (κ3) is 5.82. The number of benzene rings is 2. The first kappa shape index (κ1) is 18.8. The van der Waals surface area contributed by atoms with Gasteiger partial charge in [0.15, 0.2) is 0 Å². The first-order valence-electron chi connectivity index (χ1n) is 9.94. The van der Waals surface area contributed by atoms with Crippen LogP contribution in [0.1, 0.15) is 76.3 Å². The number of hydrogen-bond acceptors (Lipinski definition) is 0. The molecule has 0 saturated heterocycles. The number of aryl methyl sites for hydroxylation is 1. The van der Waals surface area contributed by atoms with Gasteiger partial charge in [-0.05, 0) is 54.0 Å². The van der Waals surface area contributed by atoms with E-state index in [4.69, 9.17) is 0 Å². The third-order valence-electron chi connectivity index (χ3n) is 4.85. The molecule has 0 atom stereocenters. The Morgan fingerprint density at radius 1 is 0.708 bits per heavy atom. The molecule has 0 aliphatic carbocycles. The highest BCUT2D eigenvalue weighted by molar-refractivity contribution is 5.68. The summed E-state index contributed by atoms with van der Waals surface area (Å²) < 4.78 is 0. The van der Waals surface area contributed by atoms with Crippen molar-refractivity contribution >= 4 is 0 Å². The van der Waals surface area contributed by atoms with E-state index < -0.39 is 0 Å². The smallest absolute Gasteiger partial charge is 0.00991 e. The van der Waals surface area contributed by atoms with Gasteiger partial charge in [0.1, 0.15) is 0 Å². The summed E-state index contributed by atoms with van der Waals surface area (Å²) in [6.07, 6.45) is 13.1. The molecule has 0 aliphatic rings. The van der Waals surface area contributed by atoms with E-state index in [9.17, 15) is 0 Å². The lowest BCUT2D eigenvalue weighted by Gasteiger charge is -2.15. The van der Waals surface area contributed by atoms with Gasteiger partial charge in [-0.3, -0.25) is 0 Å². The zero-order valence-electron chi connectivity index (χ0n) is 15.6. The summed E-state index contributed by atoms with van der Waals surface area (Å²) in [7, 11) is 0. The molecular weight excluding hydrogens is 288 g/mol. The normalized spacial score (nSPS) is 10.9. The standard InChI is InChI=1S/C24H33/c1-3-5-7-10-15-22-18-14-20-24(21-16-11-9-12-17-21)23(22)19-13-8-6-4-2/h9,11-12,14,16,18,20H,3-8,10,13,15,19H2,1-2H3. The predicted octanol–water partition coefficient (Wildman–Crippen LogP) is 7.40. The Bertz CT molecular complexity index is 568. The highest BCUT2D eigenvalue weighted by Gasteiger charge is 2.10. The molecule has 0 bridgehead atoms. The molecular formula is C24H33. The summed E-state index contributed by atoms with van der Waals surface area (Å²) in [5.41, 5.74) is 5.79. The van der Waals surface area contributed by atoms with Gasteiger partial charge in [-0.2, -0.15) is 0 Å². The minimum Gasteiger partial charge on any atom is -0.0654 e. The first-order valence-corrected chi connectivity index (χ1v) is 9.94. The van der Waals surface area contributed by atoms with E-state index in [-0.39, 0.29) is 0 Å². The van der Waals surface area contributed by atoms with Crippen LogP contribution in [-0.4, -0.2) is 0 Å². The molecule has 2 rings (SSSR count). The number of hydrogen-bond donors (Lipinski definition) is 0. The fourth-order valence-corrected chi connectivity index (χ4v) is 3.45. The van der Waals surface area contributed by atoms with Gasteiger partial charge in [0.25, 0.3) is 0 Å². The molecule has 0 aliphatic heterocycles. The summed E-state index contributed by atoms with van der Waals surface area (Å²) in [6.45, 7) is 4.57. The van der Waals surface area contributed by atoms with Gasteiger partial charge in [-0.15, -0.1) is 0 Å². The monoisotopic (exact) mass is 321 g/mol. The van der Waals surface area contributed by atoms with E-state index in [0.717, 1.165) is 0 Å². The van der Waals surface area contributed by atoms with Gasteiger partial charge in [0.2, 0.25) is 0 Å². The maximum absolute atomic E-state index is 3.43. The maximum atomic E-state index is 3.43. The number of rotatable bonds is 11. The van der Waals surface area contributed by atoms with Crippen LogP contribution in [-0.2, 0) is 12.8 Å². The average molecular weight is 322 g/mol. The van der Waals surface area contributed by atoms with Crippen LogP contribution in [0.5, 0.6) is 0 Å². The van der Waals surface area contributed by atoms with Crippen LogP contribution in [0.2, 0.25) is 0 Å². The second kappa shape index (κ2) is 11.1. The van der Waals surface area contributed by atoms with Gasteiger partial charge in [0.05, 0.1) is 0 Å². The Morgan fingerprint density at radius 2 is 1.46 bits per heavy atom. The molecule has 0 heteroatoms. The molecule has 1 radical (unpaired) electrons. The molecule has 0 nitrogen and oxygen atoms in total. The van der Waals surface area contributed by atoms with Crippen molar-refractivity contribution < 1.29 is 0 Å². The van der Waals surface area contributed by atoms with Crippen molar-refractivity contribution in [2.24, 2.45) is 0 Å². The van der Waals surface area contributed by atoms with Crippen molar-refractivity contribution in [2.75, 3.05) is 0 Å². The van der Waals surface area contributed by atoms with Crippen molar-refractivity contribution in [2.45, 2.75) is 78.1 Å². The predicted molar refractivity (Wildman–Crippen MR) is 106 cm³/mol. The van der Waals surface area contributed by atoms with Gasteiger partial charge in [-0.25, -0.2) is 0 Å². The van der Waals surface area contributed by atoms with Crippen LogP contribution in [0.25, 0.3) is 11.1 Å². The Hall–Kier alpha value is -1.56. The lowest BCUT2D eigenvalue weighted by molar-refractivity contribution is 0.651. The molecule has 0 saturated carbocycles. The van der Waals surface area contributed by atoms with E-state index in [1.54, 1.807) is 11.1 Å². The van der Waals surface area contributed by atoms with E-state index in [1.165, 1.54) is 75.3 Å². The van der Waals surface area contributed by atoms with Crippen LogP contribution >= 0.6 is 0 Å². The van der Waals surface area contributed by atoms with Crippen LogP contribution in [0.4, 0.5) is 0 Å². The molecule has 129 valence electrons. The zero-order chi connectivity index (χ0) is 17.0. The van der Waals surface area contributed by atoms with Crippen LogP contribution < -0.4 is 0 Å². The first-order chi connectivity index (χ1) is 11.9. The highest BCUT2D eigenvalue weighted by Crippen LogP contribution is 2.29. The molecule has 0 fully saturated rings. The van der Waals surface area contributed by atoms with Gasteiger partial charge < -0.3 is 0 Å². The molecule has 0 aromatic heterocycles. The lowest BCUT2D eigenvalue weighted by atomic mass is 9.89. The molecule has 2 aromatic carbocycles. The lowest BCUT2D eigenvalue weighted by Crippen LogP contribution is -1.99. The Labute approximate surface area is 149 Å². The number of unbranched alkanes of at least 4 members (excludes halogenated alkanes) is 6.